The highest BCUT2D eigenvalue weighted by Gasteiger charge is 2.23. The first-order chi connectivity index (χ1) is 14.6. The molecule has 2 aliphatic rings. The lowest BCUT2D eigenvalue weighted by molar-refractivity contribution is -0.136. The average Bonchev–Trinajstić information content (AvgIpc) is 3.44. The first-order valence-corrected chi connectivity index (χ1v) is 14.2. The summed E-state index contributed by atoms with van der Waals surface area (Å²) in [5.41, 5.74) is 0. The number of aliphatic hydroxyl groups is 2. The van der Waals surface area contributed by atoms with Gasteiger partial charge < -0.3 is 29.2 Å². The fraction of sp³-hybridized carbons (Fsp3) is 0.700. The molecule has 170 valence electrons. The summed E-state index contributed by atoms with van der Waals surface area (Å²) in [5, 5.41) is 20.1. The zero-order valence-corrected chi connectivity index (χ0v) is 20.3. The van der Waals surface area contributed by atoms with Gasteiger partial charge in [-0.1, -0.05) is 6.07 Å². The van der Waals surface area contributed by atoms with Crippen molar-refractivity contribution in [3.05, 3.63) is 24.3 Å². The summed E-state index contributed by atoms with van der Waals surface area (Å²) < 4.78 is 23.8. The molecule has 0 bridgehead atoms. The Labute approximate surface area is 195 Å². The van der Waals surface area contributed by atoms with E-state index in [1.807, 2.05) is 53.1 Å². The monoisotopic (exact) mass is 494 g/mol. The fourth-order valence-corrected chi connectivity index (χ4v) is 8.01. The molecular formula is C20H30O6S4. The summed E-state index contributed by atoms with van der Waals surface area (Å²) in [6.07, 6.45) is -2.20. The third-order valence-electron chi connectivity index (χ3n) is 4.24. The van der Waals surface area contributed by atoms with Gasteiger partial charge in [-0.3, -0.25) is 0 Å². The molecule has 3 unspecified atom stereocenters. The van der Waals surface area contributed by atoms with Crippen molar-refractivity contribution < 1.29 is 29.2 Å². The van der Waals surface area contributed by atoms with Crippen molar-refractivity contribution >= 4 is 47.0 Å². The van der Waals surface area contributed by atoms with Crippen molar-refractivity contribution in [3.8, 4) is 11.5 Å². The Bertz CT molecular complexity index is 611. The highest BCUT2D eigenvalue weighted by molar-refractivity contribution is 8.20. The van der Waals surface area contributed by atoms with Gasteiger partial charge in [-0.05, 0) is 19.1 Å². The van der Waals surface area contributed by atoms with E-state index in [0.29, 0.717) is 33.9 Å². The Morgan fingerprint density at radius 1 is 0.933 bits per heavy atom. The summed E-state index contributed by atoms with van der Waals surface area (Å²) in [5.74, 6) is 5.73. The Hall–Kier alpha value is 0.0600. The Kier molecular flexibility index (Phi) is 11.2. The molecule has 1 aromatic carbocycles. The van der Waals surface area contributed by atoms with E-state index in [1.165, 1.54) is 11.5 Å². The van der Waals surface area contributed by atoms with Gasteiger partial charge in [0.25, 0.3) is 0 Å². The third-order valence-corrected chi connectivity index (χ3v) is 10.2. The Morgan fingerprint density at radius 2 is 1.57 bits per heavy atom. The molecule has 0 saturated carbocycles. The quantitative estimate of drug-likeness (QED) is 0.399. The van der Waals surface area contributed by atoms with Crippen LogP contribution in [0.2, 0.25) is 0 Å². The summed E-state index contributed by atoms with van der Waals surface area (Å²) in [6, 6.07) is 7.14. The van der Waals surface area contributed by atoms with Gasteiger partial charge in [0, 0.05) is 29.1 Å². The van der Waals surface area contributed by atoms with E-state index in [-0.39, 0.29) is 13.2 Å². The van der Waals surface area contributed by atoms with Crippen LogP contribution in [0.4, 0.5) is 0 Å². The maximum Gasteiger partial charge on any atom is 0.225 e. The molecule has 2 aliphatic heterocycles. The molecule has 6 nitrogen and oxygen atoms in total. The zero-order chi connectivity index (χ0) is 21.2. The van der Waals surface area contributed by atoms with Crippen molar-refractivity contribution in [2.45, 2.75) is 34.6 Å². The van der Waals surface area contributed by atoms with Crippen molar-refractivity contribution in [2.75, 3.05) is 49.4 Å². The van der Waals surface area contributed by atoms with Crippen LogP contribution in [0.5, 0.6) is 11.5 Å². The van der Waals surface area contributed by atoms with Crippen LogP contribution in [0.15, 0.2) is 24.3 Å². The van der Waals surface area contributed by atoms with E-state index in [2.05, 4.69) is 0 Å². The third kappa shape index (κ3) is 8.90. The van der Waals surface area contributed by atoms with Crippen LogP contribution < -0.4 is 9.47 Å². The van der Waals surface area contributed by atoms with Crippen LogP contribution in [-0.4, -0.2) is 87.3 Å². The van der Waals surface area contributed by atoms with Gasteiger partial charge in [0.2, 0.25) is 6.29 Å². The van der Waals surface area contributed by atoms with Gasteiger partial charge in [0.15, 0.2) is 0 Å². The van der Waals surface area contributed by atoms with Gasteiger partial charge in [-0.25, -0.2) is 0 Å². The second kappa shape index (κ2) is 13.6. The summed E-state index contributed by atoms with van der Waals surface area (Å²) in [4.78, 5) is 0. The average molecular weight is 495 g/mol. The maximum absolute atomic E-state index is 10.1. The smallest absolute Gasteiger partial charge is 0.225 e. The summed E-state index contributed by atoms with van der Waals surface area (Å²) in [6.45, 7) is 3.22. The van der Waals surface area contributed by atoms with Crippen molar-refractivity contribution in [1.29, 1.82) is 0 Å². The first kappa shape index (κ1) is 24.7. The van der Waals surface area contributed by atoms with Gasteiger partial charge in [-0.2, -0.15) is 0 Å². The fourth-order valence-electron chi connectivity index (χ4n) is 2.76. The standard InChI is InChI=1S/C20H30O6S4/c1-14(21)20(25-13-19-29-7-8-30-19)26-17-4-2-3-16(9-17)24-11-15(22)10-23-12-18-27-5-6-28-18/h2-4,9,14-15,18-22H,5-8,10-13H2,1H3. The minimum Gasteiger partial charge on any atom is -0.491 e. The highest BCUT2D eigenvalue weighted by Crippen LogP contribution is 2.33. The van der Waals surface area contributed by atoms with Gasteiger partial charge in [-0.15, -0.1) is 47.0 Å². The highest BCUT2D eigenvalue weighted by atomic mass is 32.2. The van der Waals surface area contributed by atoms with E-state index in [1.54, 1.807) is 25.1 Å². The lowest BCUT2D eigenvalue weighted by Gasteiger charge is -2.23. The predicted molar refractivity (Wildman–Crippen MR) is 128 cm³/mol. The van der Waals surface area contributed by atoms with Crippen LogP contribution in [0.25, 0.3) is 0 Å². The largest absolute Gasteiger partial charge is 0.491 e. The number of hydrogen-bond donors (Lipinski definition) is 2. The normalized spacial score (nSPS) is 20.9. The summed E-state index contributed by atoms with van der Waals surface area (Å²) >= 11 is 7.55. The topological polar surface area (TPSA) is 77.4 Å². The molecule has 1 aromatic rings. The lowest BCUT2D eigenvalue weighted by atomic mass is 10.3. The zero-order valence-electron chi connectivity index (χ0n) is 17.0. The van der Waals surface area contributed by atoms with Crippen molar-refractivity contribution in [1.82, 2.24) is 0 Å². The minimum atomic E-state index is -0.763. The first-order valence-electron chi connectivity index (χ1n) is 10.0. The maximum atomic E-state index is 10.1. The van der Waals surface area contributed by atoms with Crippen LogP contribution >= 0.6 is 47.0 Å². The van der Waals surface area contributed by atoms with E-state index >= 15 is 0 Å². The van der Waals surface area contributed by atoms with Gasteiger partial charge in [0.05, 0.1) is 29.0 Å². The molecule has 2 N–H and O–H groups in total. The molecular weight excluding hydrogens is 464 g/mol. The minimum absolute atomic E-state index is 0.140. The predicted octanol–water partition coefficient (Wildman–Crippen LogP) is 3.16. The SMILES string of the molecule is CC(O)C(OCC1SCCS1)Oc1cccc(OCC(O)COCC2SCCS2)c1. The number of rotatable bonds is 13. The molecule has 3 atom stereocenters. The molecule has 3 rings (SSSR count). The molecule has 10 heteroatoms. The second-order valence-electron chi connectivity index (χ2n) is 6.88. The van der Waals surface area contributed by atoms with E-state index < -0.39 is 18.5 Å². The number of ether oxygens (including phenoxy) is 4. The van der Waals surface area contributed by atoms with Crippen LogP contribution in [-0.2, 0) is 9.47 Å². The van der Waals surface area contributed by atoms with Crippen molar-refractivity contribution in [3.63, 3.8) is 0 Å². The van der Waals surface area contributed by atoms with Crippen LogP contribution in [0.3, 0.4) is 0 Å². The number of hydrogen-bond acceptors (Lipinski definition) is 10. The molecule has 0 amide bonds. The van der Waals surface area contributed by atoms with E-state index in [0.717, 1.165) is 11.5 Å². The molecule has 30 heavy (non-hydrogen) atoms. The number of benzene rings is 1. The van der Waals surface area contributed by atoms with Crippen molar-refractivity contribution in [2.24, 2.45) is 0 Å². The molecule has 2 heterocycles. The number of aliphatic hydroxyl groups excluding tert-OH is 2. The van der Waals surface area contributed by atoms with E-state index in [9.17, 15) is 10.2 Å². The van der Waals surface area contributed by atoms with Gasteiger partial charge >= 0.3 is 0 Å². The molecule has 2 saturated heterocycles. The molecule has 0 aliphatic carbocycles. The molecule has 0 aromatic heterocycles. The number of thioether (sulfide) groups is 4. The Morgan fingerprint density at radius 3 is 2.23 bits per heavy atom. The van der Waals surface area contributed by atoms with Crippen LogP contribution in [0.1, 0.15) is 6.92 Å². The summed E-state index contributed by atoms with van der Waals surface area (Å²) in [7, 11) is 0. The second-order valence-corrected chi connectivity index (χ2v) is 12.7. The Balaban J connectivity index is 1.39. The van der Waals surface area contributed by atoms with Gasteiger partial charge in [0.1, 0.15) is 30.3 Å². The molecule has 0 radical (unpaired) electrons. The van der Waals surface area contributed by atoms with Crippen LogP contribution in [0, 0.1) is 0 Å². The molecule has 2 fully saturated rings. The van der Waals surface area contributed by atoms with E-state index in [4.69, 9.17) is 18.9 Å². The lowest BCUT2D eigenvalue weighted by Crippen LogP contribution is -2.33. The molecule has 0 spiro atoms.